The van der Waals surface area contributed by atoms with Crippen molar-refractivity contribution in [2.45, 2.75) is 53.1 Å². The van der Waals surface area contributed by atoms with Gasteiger partial charge >= 0.3 is 0 Å². The summed E-state index contributed by atoms with van der Waals surface area (Å²) in [7, 11) is -3.49. The third kappa shape index (κ3) is 8.48. The Hall–Kier alpha value is -2.87. The molecule has 7 nitrogen and oxygen atoms in total. The van der Waals surface area contributed by atoms with Crippen molar-refractivity contribution in [3.63, 3.8) is 0 Å². The van der Waals surface area contributed by atoms with Crippen LogP contribution in [0.3, 0.4) is 0 Å². The second-order valence-electron chi connectivity index (χ2n) is 9.10. The smallest absolute Gasteiger partial charge is 0.242 e. The largest absolute Gasteiger partial charge is 0.354 e. The highest BCUT2D eigenvalue weighted by atomic mass is 32.2. The van der Waals surface area contributed by atoms with Crippen molar-refractivity contribution in [1.82, 2.24) is 10.2 Å². The molecule has 0 saturated heterocycles. The molecule has 0 aliphatic heterocycles. The van der Waals surface area contributed by atoms with Crippen LogP contribution >= 0.6 is 0 Å². The van der Waals surface area contributed by atoms with E-state index < -0.39 is 16.1 Å². The number of amides is 2. The maximum Gasteiger partial charge on any atom is 0.242 e. The van der Waals surface area contributed by atoms with Gasteiger partial charge in [-0.2, -0.15) is 0 Å². The topological polar surface area (TPSA) is 86.8 Å². The molecule has 0 spiro atoms. The van der Waals surface area contributed by atoms with Crippen molar-refractivity contribution < 1.29 is 18.0 Å². The van der Waals surface area contributed by atoms with Crippen LogP contribution in [0.5, 0.6) is 0 Å². The van der Waals surface area contributed by atoms with Gasteiger partial charge in [0.1, 0.15) is 6.04 Å². The van der Waals surface area contributed by atoms with Crippen molar-refractivity contribution >= 4 is 27.5 Å². The van der Waals surface area contributed by atoms with Gasteiger partial charge in [0.2, 0.25) is 21.8 Å². The number of rotatable bonds is 12. The van der Waals surface area contributed by atoms with E-state index >= 15 is 0 Å². The van der Waals surface area contributed by atoms with Crippen molar-refractivity contribution in [3.8, 4) is 0 Å². The minimum Gasteiger partial charge on any atom is -0.354 e. The van der Waals surface area contributed by atoms with Gasteiger partial charge in [0.25, 0.3) is 0 Å². The molecule has 34 heavy (non-hydrogen) atoms. The van der Waals surface area contributed by atoms with E-state index in [0.717, 1.165) is 17.4 Å². The lowest BCUT2D eigenvalue weighted by atomic mass is 10.1. The van der Waals surface area contributed by atoms with Gasteiger partial charge in [0, 0.05) is 26.1 Å². The van der Waals surface area contributed by atoms with Gasteiger partial charge in [-0.05, 0) is 43.9 Å². The normalized spacial score (nSPS) is 12.3. The van der Waals surface area contributed by atoms with Crippen LogP contribution in [0.2, 0.25) is 0 Å². The molecule has 0 unspecified atom stereocenters. The van der Waals surface area contributed by atoms with E-state index in [4.69, 9.17) is 0 Å². The maximum absolute atomic E-state index is 13.2. The maximum atomic E-state index is 13.2. The number of benzene rings is 2. The minimum absolute atomic E-state index is 0.131. The fourth-order valence-electron chi connectivity index (χ4n) is 3.52. The average molecular weight is 488 g/mol. The molecular formula is C26H37N3O4S. The lowest BCUT2D eigenvalue weighted by Crippen LogP contribution is -2.48. The molecule has 1 atom stereocenters. The van der Waals surface area contributed by atoms with E-state index in [1.54, 1.807) is 36.1 Å². The Labute approximate surface area is 204 Å². The number of sulfonamides is 1. The number of hydrogen-bond donors (Lipinski definition) is 1. The van der Waals surface area contributed by atoms with Crippen molar-refractivity contribution in [3.05, 3.63) is 65.7 Å². The number of para-hydroxylation sites is 1. The Morgan fingerprint density at radius 2 is 1.59 bits per heavy atom. The number of aryl methyl sites for hydroxylation is 1. The highest BCUT2D eigenvalue weighted by Crippen LogP contribution is 2.18. The van der Waals surface area contributed by atoms with Gasteiger partial charge in [0.05, 0.1) is 11.9 Å². The van der Waals surface area contributed by atoms with E-state index in [1.807, 2.05) is 51.1 Å². The summed E-state index contributed by atoms with van der Waals surface area (Å²) in [5, 5.41) is 2.91. The first-order valence-corrected chi connectivity index (χ1v) is 13.5. The summed E-state index contributed by atoms with van der Waals surface area (Å²) in [6, 6.07) is 16.1. The number of nitrogens with zero attached hydrogens (tertiary/aromatic N) is 2. The summed E-state index contributed by atoms with van der Waals surface area (Å²) in [4.78, 5) is 27.6. The van der Waals surface area contributed by atoms with Crippen LogP contribution in [0.4, 0.5) is 5.69 Å². The van der Waals surface area contributed by atoms with Crippen LogP contribution in [0.1, 0.15) is 44.7 Å². The van der Waals surface area contributed by atoms with E-state index in [-0.39, 0.29) is 24.8 Å². The number of carbonyl (C=O) groups excluding carboxylic acids is 2. The highest BCUT2D eigenvalue weighted by molar-refractivity contribution is 7.92. The number of nitrogens with one attached hydrogen (secondary N) is 1. The number of carbonyl (C=O) groups is 2. The fourth-order valence-corrected chi connectivity index (χ4v) is 4.49. The van der Waals surface area contributed by atoms with Crippen molar-refractivity contribution in [2.75, 3.05) is 23.7 Å². The Kier molecular flexibility index (Phi) is 10.1. The number of anilines is 1. The zero-order valence-electron chi connectivity index (χ0n) is 20.8. The van der Waals surface area contributed by atoms with E-state index in [0.29, 0.717) is 31.1 Å². The van der Waals surface area contributed by atoms with Gasteiger partial charge in [-0.1, -0.05) is 61.9 Å². The molecule has 0 aliphatic rings. The second kappa shape index (κ2) is 12.6. The molecule has 0 bridgehead atoms. The third-order valence-corrected chi connectivity index (χ3v) is 6.72. The molecule has 2 aromatic rings. The molecule has 0 aliphatic carbocycles. The summed E-state index contributed by atoms with van der Waals surface area (Å²) in [6.07, 6.45) is 1.63. The lowest BCUT2D eigenvalue weighted by molar-refractivity contribution is -0.140. The van der Waals surface area contributed by atoms with Crippen molar-refractivity contribution in [2.24, 2.45) is 5.92 Å². The Morgan fingerprint density at radius 1 is 0.971 bits per heavy atom. The van der Waals surface area contributed by atoms with E-state index in [9.17, 15) is 18.0 Å². The highest BCUT2D eigenvalue weighted by Gasteiger charge is 2.26. The summed E-state index contributed by atoms with van der Waals surface area (Å²) in [6.45, 7) is 8.78. The van der Waals surface area contributed by atoms with Crippen LogP contribution in [0.15, 0.2) is 54.6 Å². The Balaban J connectivity index is 2.13. The van der Waals surface area contributed by atoms with Crippen LogP contribution in [0, 0.1) is 12.8 Å². The molecular weight excluding hydrogens is 450 g/mol. The molecule has 186 valence electrons. The summed E-state index contributed by atoms with van der Waals surface area (Å²) in [5.74, 6) is -0.0807. The van der Waals surface area contributed by atoms with E-state index in [1.165, 1.54) is 4.31 Å². The lowest BCUT2D eigenvalue weighted by Gasteiger charge is -2.29. The zero-order valence-corrected chi connectivity index (χ0v) is 21.6. The standard InChI is InChI=1S/C26H37N3O4S/c1-20(2)18-27-26(31)22(4)28(19-23-15-13-21(3)14-16-23)25(30)12-9-17-29(34(5,32)33)24-10-7-6-8-11-24/h6-8,10-11,13-16,20,22H,9,12,17-19H2,1-5H3,(H,27,31)/t22-/m1/s1. The van der Waals surface area contributed by atoms with Gasteiger partial charge in [-0.15, -0.1) is 0 Å². The molecule has 0 fully saturated rings. The summed E-state index contributed by atoms with van der Waals surface area (Å²) in [5.41, 5.74) is 2.62. The van der Waals surface area contributed by atoms with Crippen LogP contribution in [-0.2, 0) is 26.2 Å². The molecule has 2 aromatic carbocycles. The molecule has 0 radical (unpaired) electrons. The Bertz CT molecular complexity index is 1040. The molecule has 2 amide bonds. The summed E-state index contributed by atoms with van der Waals surface area (Å²) >= 11 is 0. The Morgan fingerprint density at radius 3 is 2.15 bits per heavy atom. The van der Waals surface area contributed by atoms with Gasteiger partial charge in [0.15, 0.2) is 0 Å². The molecule has 8 heteroatoms. The molecule has 0 saturated carbocycles. The van der Waals surface area contributed by atoms with Crippen LogP contribution < -0.4 is 9.62 Å². The first-order chi connectivity index (χ1) is 16.0. The third-order valence-electron chi connectivity index (χ3n) is 5.52. The first kappa shape index (κ1) is 27.4. The SMILES string of the molecule is Cc1ccc(CN(C(=O)CCCN(c2ccccc2)S(C)(=O)=O)[C@H](C)C(=O)NCC(C)C)cc1. The number of hydrogen-bond acceptors (Lipinski definition) is 4. The predicted octanol–water partition coefficient (Wildman–Crippen LogP) is 3.73. The van der Waals surface area contributed by atoms with Crippen LogP contribution in [0.25, 0.3) is 0 Å². The molecule has 2 rings (SSSR count). The summed E-state index contributed by atoms with van der Waals surface area (Å²) < 4.78 is 25.9. The monoisotopic (exact) mass is 487 g/mol. The van der Waals surface area contributed by atoms with Gasteiger partial charge in [-0.25, -0.2) is 8.42 Å². The molecule has 0 heterocycles. The van der Waals surface area contributed by atoms with Gasteiger partial charge in [-0.3, -0.25) is 13.9 Å². The fraction of sp³-hybridized carbons (Fsp3) is 0.462. The van der Waals surface area contributed by atoms with Gasteiger partial charge < -0.3 is 10.2 Å². The minimum atomic E-state index is -3.49. The van der Waals surface area contributed by atoms with Crippen molar-refractivity contribution in [1.29, 1.82) is 0 Å². The van der Waals surface area contributed by atoms with E-state index in [2.05, 4.69) is 5.32 Å². The second-order valence-corrected chi connectivity index (χ2v) is 11.0. The van der Waals surface area contributed by atoms with Crippen LogP contribution in [-0.4, -0.2) is 50.5 Å². The molecule has 1 N–H and O–H groups in total. The zero-order chi connectivity index (χ0) is 25.3. The first-order valence-electron chi connectivity index (χ1n) is 11.6. The molecule has 0 aromatic heterocycles. The predicted molar refractivity (Wildman–Crippen MR) is 137 cm³/mol. The average Bonchev–Trinajstić information content (AvgIpc) is 2.79. The quantitative estimate of drug-likeness (QED) is 0.494.